The molecule has 1 saturated heterocycles. The molecule has 7 nitrogen and oxygen atoms in total. The third-order valence-corrected chi connectivity index (χ3v) is 8.87. The van der Waals surface area contributed by atoms with Gasteiger partial charge in [-0.3, -0.25) is 19.4 Å². The molecule has 0 saturated carbocycles. The first-order valence-electron chi connectivity index (χ1n) is 17.0. The first kappa shape index (κ1) is 42.2. The quantitative estimate of drug-likeness (QED) is 0.166. The number of carbonyl (C=O) groups excluding carboxylic acids is 3. The summed E-state index contributed by atoms with van der Waals surface area (Å²) < 4.78 is 4.79. The number of carbonyl (C=O) groups is 3. The predicted molar refractivity (Wildman–Crippen MR) is 201 cm³/mol. The second-order valence-corrected chi connectivity index (χ2v) is 12.4. The number of ketones is 2. The first-order chi connectivity index (χ1) is 22.4. The van der Waals surface area contributed by atoms with Gasteiger partial charge in [0.2, 0.25) is 0 Å². The monoisotopic (exact) mass is 659 g/mol. The Labute approximate surface area is 290 Å². The Kier molecular flexibility index (Phi) is 19.3. The number of nitrogen functional groups attached to an aromatic ring is 1. The Balaban J connectivity index is 0.000000364. The van der Waals surface area contributed by atoms with Gasteiger partial charge in [0.25, 0.3) is 0 Å². The molecule has 1 aliphatic heterocycles. The van der Waals surface area contributed by atoms with Gasteiger partial charge in [0, 0.05) is 18.5 Å². The Morgan fingerprint density at radius 1 is 0.792 bits per heavy atom. The molecule has 48 heavy (non-hydrogen) atoms. The van der Waals surface area contributed by atoms with Gasteiger partial charge in [-0.15, -0.1) is 0 Å². The Hall–Kier alpha value is -3.81. The summed E-state index contributed by atoms with van der Waals surface area (Å²) in [6.07, 6.45) is 4.60. The van der Waals surface area contributed by atoms with Gasteiger partial charge in [-0.1, -0.05) is 64.1 Å². The van der Waals surface area contributed by atoms with Gasteiger partial charge in [-0.05, 0) is 132 Å². The van der Waals surface area contributed by atoms with Crippen LogP contribution in [0.2, 0.25) is 0 Å². The van der Waals surface area contributed by atoms with Crippen molar-refractivity contribution in [3.8, 4) is 0 Å². The van der Waals surface area contributed by atoms with E-state index >= 15 is 0 Å². The van der Waals surface area contributed by atoms with Crippen LogP contribution in [0.25, 0.3) is 0 Å². The largest absolute Gasteiger partial charge is 0.462 e. The SMILES string of the molecule is C.CCN(CC)CC(=O)Cc1c(C)cccc1C.CCOC(=O)c1ccc(N)cc1.Cc1cccc(C)c1CC(=O)C1CCCCN1C. The highest BCUT2D eigenvalue weighted by molar-refractivity contribution is 5.89. The number of likely N-dealkylation sites (tertiary alicyclic amines) is 1. The van der Waals surface area contributed by atoms with Crippen molar-refractivity contribution in [2.24, 2.45) is 0 Å². The minimum atomic E-state index is -0.308. The van der Waals surface area contributed by atoms with E-state index in [1.165, 1.54) is 46.2 Å². The number of hydrogen-bond donors (Lipinski definition) is 1. The number of hydrogen-bond acceptors (Lipinski definition) is 7. The maximum atomic E-state index is 12.4. The summed E-state index contributed by atoms with van der Waals surface area (Å²) in [5.41, 5.74) is 14.0. The lowest BCUT2D eigenvalue weighted by atomic mass is 9.92. The summed E-state index contributed by atoms with van der Waals surface area (Å²) in [4.78, 5) is 39.9. The topological polar surface area (TPSA) is 92.9 Å². The van der Waals surface area contributed by atoms with Gasteiger partial charge in [-0.2, -0.15) is 0 Å². The average Bonchev–Trinajstić information content (AvgIpc) is 3.05. The molecule has 1 heterocycles. The zero-order valence-corrected chi connectivity index (χ0v) is 30.0. The zero-order chi connectivity index (χ0) is 34.9. The number of rotatable bonds is 11. The number of ether oxygens (including phenoxy) is 1. The number of nitrogens with zero attached hydrogens (tertiary/aromatic N) is 2. The fourth-order valence-electron chi connectivity index (χ4n) is 5.81. The molecular weight excluding hydrogens is 598 g/mol. The molecule has 264 valence electrons. The van der Waals surface area contributed by atoms with Crippen molar-refractivity contribution in [2.45, 2.75) is 94.0 Å². The zero-order valence-electron chi connectivity index (χ0n) is 30.0. The van der Waals surface area contributed by atoms with Gasteiger partial charge in [0.15, 0.2) is 11.6 Å². The molecule has 0 aromatic heterocycles. The number of esters is 1. The summed E-state index contributed by atoms with van der Waals surface area (Å²) in [5.74, 6) is 0.387. The lowest BCUT2D eigenvalue weighted by molar-refractivity contribution is -0.124. The highest BCUT2D eigenvalue weighted by atomic mass is 16.5. The van der Waals surface area contributed by atoms with Crippen LogP contribution < -0.4 is 5.73 Å². The Morgan fingerprint density at radius 2 is 1.29 bits per heavy atom. The van der Waals surface area contributed by atoms with Crippen molar-refractivity contribution >= 4 is 23.2 Å². The molecule has 0 radical (unpaired) electrons. The standard InChI is InChI=1S/C16H23NO.C15H23NO.C9H11NO2.CH4/c1-12-7-6-8-13(2)14(12)11-16(18)15-9-4-5-10-17(15)3;1-5-16(6-2)11-14(17)10-15-12(3)8-7-9-13(15)4;1-2-12-9(11)7-3-5-8(10)6-4-7;/h6-8,15H,4-5,9-11H2,1-3H3;7-9H,5-6,10-11H2,1-4H3;3-6H,2,10H2,1H3;1H4. The van der Waals surface area contributed by atoms with Gasteiger partial charge in [0.1, 0.15) is 0 Å². The van der Waals surface area contributed by atoms with Crippen molar-refractivity contribution in [2.75, 3.05) is 45.6 Å². The summed E-state index contributed by atoms with van der Waals surface area (Å²) in [6, 6.07) is 19.2. The van der Waals surface area contributed by atoms with Crippen LogP contribution in [0.5, 0.6) is 0 Å². The molecule has 0 spiro atoms. The van der Waals surface area contributed by atoms with E-state index in [9.17, 15) is 14.4 Å². The van der Waals surface area contributed by atoms with E-state index in [0.29, 0.717) is 48.8 Å². The second-order valence-electron chi connectivity index (χ2n) is 12.4. The molecule has 1 unspecified atom stereocenters. The molecular formula is C41H61N3O4. The van der Waals surface area contributed by atoms with Crippen LogP contribution in [-0.4, -0.2) is 73.2 Å². The van der Waals surface area contributed by atoms with Gasteiger partial charge in [-0.25, -0.2) is 4.79 Å². The summed E-state index contributed by atoms with van der Waals surface area (Å²) in [7, 11) is 2.08. The van der Waals surface area contributed by atoms with Crippen molar-refractivity contribution < 1.29 is 19.1 Å². The smallest absolute Gasteiger partial charge is 0.338 e. The molecule has 0 bridgehead atoms. The molecule has 4 rings (SSSR count). The van der Waals surface area contributed by atoms with E-state index < -0.39 is 0 Å². The third-order valence-electron chi connectivity index (χ3n) is 8.87. The summed E-state index contributed by atoms with van der Waals surface area (Å²) in [6.45, 7) is 18.2. The maximum absolute atomic E-state index is 12.4. The first-order valence-corrected chi connectivity index (χ1v) is 17.0. The number of likely N-dealkylation sites (N-methyl/N-ethyl adjacent to an activating group) is 2. The van der Waals surface area contributed by atoms with Crippen molar-refractivity contribution in [3.05, 3.63) is 99.6 Å². The minimum absolute atomic E-state index is 0. The van der Waals surface area contributed by atoms with E-state index in [0.717, 1.165) is 26.1 Å². The fraction of sp³-hybridized carbons (Fsp3) is 0.488. The maximum Gasteiger partial charge on any atom is 0.338 e. The number of anilines is 1. The molecule has 0 amide bonds. The summed E-state index contributed by atoms with van der Waals surface area (Å²) in [5, 5.41) is 0. The van der Waals surface area contributed by atoms with E-state index in [1.807, 2.05) is 6.07 Å². The van der Waals surface area contributed by atoms with Crippen molar-refractivity contribution in [1.82, 2.24) is 9.80 Å². The number of benzene rings is 3. The van der Waals surface area contributed by atoms with Crippen molar-refractivity contribution in [1.29, 1.82) is 0 Å². The highest BCUT2D eigenvalue weighted by Gasteiger charge is 2.26. The minimum Gasteiger partial charge on any atom is -0.462 e. The number of Topliss-reactive ketones (excluding diaryl/α,β-unsaturated/α-hetero) is 2. The summed E-state index contributed by atoms with van der Waals surface area (Å²) >= 11 is 0. The average molecular weight is 660 g/mol. The predicted octanol–water partition coefficient (Wildman–Crippen LogP) is 7.74. The molecule has 3 aromatic rings. The van der Waals surface area contributed by atoms with Crippen LogP contribution in [0.1, 0.15) is 91.2 Å². The molecule has 1 aliphatic rings. The lowest BCUT2D eigenvalue weighted by Crippen LogP contribution is -2.42. The molecule has 1 atom stereocenters. The van der Waals surface area contributed by atoms with E-state index in [-0.39, 0.29) is 19.4 Å². The van der Waals surface area contributed by atoms with Crippen LogP contribution in [-0.2, 0) is 27.2 Å². The number of piperidine rings is 1. The number of aryl methyl sites for hydroxylation is 4. The fourth-order valence-corrected chi connectivity index (χ4v) is 5.81. The normalized spacial score (nSPS) is 14.1. The second kappa shape index (κ2) is 21.9. The molecule has 2 N–H and O–H groups in total. The Morgan fingerprint density at radius 3 is 1.75 bits per heavy atom. The van der Waals surface area contributed by atoms with Gasteiger partial charge in [0.05, 0.1) is 24.8 Å². The van der Waals surface area contributed by atoms with E-state index in [1.54, 1.807) is 31.2 Å². The van der Waals surface area contributed by atoms with Crippen LogP contribution in [0.3, 0.4) is 0 Å². The van der Waals surface area contributed by atoms with E-state index in [4.69, 9.17) is 10.5 Å². The van der Waals surface area contributed by atoms with Gasteiger partial charge < -0.3 is 10.5 Å². The highest BCUT2D eigenvalue weighted by Crippen LogP contribution is 2.20. The Bertz CT molecular complexity index is 1390. The third kappa shape index (κ3) is 13.7. The van der Waals surface area contributed by atoms with E-state index in [2.05, 4.69) is 88.7 Å². The van der Waals surface area contributed by atoms with Crippen LogP contribution in [0, 0.1) is 27.7 Å². The molecule has 3 aromatic carbocycles. The lowest BCUT2D eigenvalue weighted by Gasteiger charge is -2.31. The van der Waals surface area contributed by atoms with Gasteiger partial charge >= 0.3 is 5.97 Å². The molecule has 7 heteroatoms. The van der Waals surface area contributed by atoms with Crippen LogP contribution >= 0.6 is 0 Å². The van der Waals surface area contributed by atoms with Crippen LogP contribution in [0.15, 0.2) is 60.7 Å². The number of nitrogens with two attached hydrogens (primary N) is 1. The molecule has 0 aliphatic carbocycles. The van der Waals surface area contributed by atoms with Crippen molar-refractivity contribution in [3.63, 3.8) is 0 Å². The molecule has 1 fully saturated rings. The van der Waals surface area contributed by atoms with Crippen LogP contribution in [0.4, 0.5) is 5.69 Å².